The molecule has 2 aromatic rings. The fourth-order valence-corrected chi connectivity index (χ4v) is 2.27. The van der Waals surface area contributed by atoms with Gasteiger partial charge in [0.1, 0.15) is 11.6 Å². The van der Waals surface area contributed by atoms with Gasteiger partial charge in [-0.05, 0) is 30.0 Å². The lowest BCUT2D eigenvalue weighted by Crippen LogP contribution is -2.13. The summed E-state index contributed by atoms with van der Waals surface area (Å²) in [6.45, 7) is 1.78. The Labute approximate surface area is 106 Å². The number of benzene rings is 1. The van der Waals surface area contributed by atoms with Crippen molar-refractivity contribution in [2.24, 2.45) is 0 Å². The molecule has 0 spiro atoms. The summed E-state index contributed by atoms with van der Waals surface area (Å²) in [4.78, 5) is 12.3. The summed E-state index contributed by atoms with van der Waals surface area (Å²) < 4.78 is 26.4. The van der Waals surface area contributed by atoms with Gasteiger partial charge < -0.3 is 11.1 Å². The van der Waals surface area contributed by atoms with Crippen LogP contribution < -0.4 is 11.1 Å². The molecule has 18 heavy (non-hydrogen) atoms. The van der Waals surface area contributed by atoms with Crippen LogP contribution in [-0.2, 0) is 0 Å². The first-order valence-corrected chi connectivity index (χ1v) is 5.97. The smallest absolute Gasteiger partial charge is 0.266 e. The van der Waals surface area contributed by atoms with Crippen molar-refractivity contribution in [3.05, 3.63) is 45.7 Å². The Morgan fingerprint density at radius 3 is 2.67 bits per heavy atom. The van der Waals surface area contributed by atoms with Crippen molar-refractivity contribution in [2.75, 3.05) is 11.1 Å². The number of nitrogens with two attached hydrogens (primary N) is 1. The van der Waals surface area contributed by atoms with Crippen LogP contribution in [0.4, 0.5) is 20.2 Å². The number of halogens is 2. The van der Waals surface area contributed by atoms with E-state index in [-0.39, 0.29) is 11.4 Å². The van der Waals surface area contributed by atoms with Gasteiger partial charge in [-0.3, -0.25) is 4.79 Å². The average Bonchev–Trinajstić information content (AvgIpc) is 2.72. The van der Waals surface area contributed by atoms with Crippen LogP contribution in [-0.4, -0.2) is 5.91 Å². The number of amides is 1. The molecule has 0 radical (unpaired) electrons. The zero-order chi connectivity index (χ0) is 13.3. The SMILES string of the molecule is Cc1ccsc1C(=O)Nc1cc(N)c(F)cc1F. The van der Waals surface area contributed by atoms with E-state index in [4.69, 9.17) is 5.73 Å². The van der Waals surface area contributed by atoms with Crippen molar-refractivity contribution in [2.45, 2.75) is 6.92 Å². The van der Waals surface area contributed by atoms with E-state index in [0.29, 0.717) is 10.9 Å². The summed E-state index contributed by atoms with van der Waals surface area (Å²) in [5, 5.41) is 4.13. The molecule has 3 N–H and O–H groups in total. The van der Waals surface area contributed by atoms with Gasteiger partial charge in [-0.25, -0.2) is 8.78 Å². The monoisotopic (exact) mass is 268 g/mol. The minimum atomic E-state index is -0.857. The molecule has 94 valence electrons. The molecule has 0 saturated carbocycles. The highest BCUT2D eigenvalue weighted by Crippen LogP contribution is 2.23. The molecule has 1 aromatic carbocycles. The van der Waals surface area contributed by atoms with Crippen molar-refractivity contribution >= 4 is 28.6 Å². The standard InChI is InChI=1S/C12H10F2N2OS/c1-6-2-3-18-11(6)12(17)16-10-5-9(15)7(13)4-8(10)14/h2-5H,15H2,1H3,(H,16,17). The van der Waals surface area contributed by atoms with E-state index in [1.165, 1.54) is 11.3 Å². The Balaban J connectivity index is 2.28. The maximum absolute atomic E-state index is 13.4. The molecule has 0 aliphatic carbocycles. The minimum Gasteiger partial charge on any atom is -0.396 e. The van der Waals surface area contributed by atoms with E-state index in [1.807, 2.05) is 0 Å². The number of nitrogen functional groups attached to an aromatic ring is 1. The highest BCUT2D eigenvalue weighted by atomic mass is 32.1. The molecule has 6 heteroatoms. The topological polar surface area (TPSA) is 55.1 Å². The average molecular weight is 268 g/mol. The molecular weight excluding hydrogens is 258 g/mol. The maximum atomic E-state index is 13.4. The normalized spacial score (nSPS) is 10.4. The fraction of sp³-hybridized carbons (Fsp3) is 0.0833. The lowest BCUT2D eigenvalue weighted by Gasteiger charge is -2.07. The zero-order valence-corrected chi connectivity index (χ0v) is 10.3. The summed E-state index contributed by atoms with van der Waals surface area (Å²) in [5.74, 6) is -2.14. The van der Waals surface area contributed by atoms with Crippen molar-refractivity contribution in [3.8, 4) is 0 Å². The summed E-state index contributed by atoms with van der Waals surface area (Å²) in [6, 6.07) is 3.49. The van der Waals surface area contributed by atoms with Crippen LogP contribution in [0.1, 0.15) is 15.2 Å². The van der Waals surface area contributed by atoms with Gasteiger partial charge in [0.2, 0.25) is 0 Å². The Morgan fingerprint density at radius 1 is 1.33 bits per heavy atom. The molecule has 0 aliphatic heterocycles. The Kier molecular flexibility index (Phi) is 3.29. The Morgan fingerprint density at radius 2 is 2.06 bits per heavy atom. The third-order valence-corrected chi connectivity index (χ3v) is 3.42. The molecule has 2 rings (SSSR count). The summed E-state index contributed by atoms with van der Waals surface area (Å²) in [5.41, 5.74) is 5.78. The Bertz CT molecular complexity index is 610. The number of nitrogens with one attached hydrogen (secondary N) is 1. The lowest BCUT2D eigenvalue weighted by atomic mass is 10.2. The zero-order valence-electron chi connectivity index (χ0n) is 9.46. The molecule has 0 saturated heterocycles. The number of anilines is 2. The van der Waals surface area contributed by atoms with Crippen LogP contribution in [0.3, 0.4) is 0 Å². The summed E-state index contributed by atoms with van der Waals surface area (Å²) in [6.07, 6.45) is 0. The van der Waals surface area contributed by atoms with Gasteiger partial charge in [-0.1, -0.05) is 0 Å². The summed E-state index contributed by atoms with van der Waals surface area (Å²) in [7, 11) is 0. The van der Waals surface area contributed by atoms with E-state index in [0.717, 1.165) is 11.6 Å². The summed E-state index contributed by atoms with van der Waals surface area (Å²) >= 11 is 1.25. The highest BCUT2D eigenvalue weighted by Gasteiger charge is 2.14. The molecule has 1 aromatic heterocycles. The number of aryl methyl sites for hydroxylation is 1. The van der Waals surface area contributed by atoms with Crippen LogP contribution in [0.2, 0.25) is 0 Å². The number of hydrogen-bond donors (Lipinski definition) is 2. The first-order valence-electron chi connectivity index (χ1n) is 5.09. The van der Waals surface area contributed by atoms with Gasteiger partial charge in [0.15, 0.2) is 0 Å². The molecule has 0 unspecified atom stereocenters. The second kappa shape index (κ2) is 4.73. The number of hydrogen-bond acceptors (Lipinski definition) is 3. The fourth-order valence-electron chi connectivity index (χ4n) is 1.45. The van der Waals surface area contributed by atoms with Crippen molar-refractivity contribution < 1.29 is 13.6 Å². The molecule has 3 nitrogen and oxygen atoms in total. The largest absolute Gasteiger partial charge is 0.396 e. The molecular formula is C12H10F2N2OS. The van der Waals surface area contributed by atoms with Gasteiger partial charge in [-0.15, -0.1) is 11.3 Å². The van der Waals surface area contributed by atoms with Gasteiger partial charge in [0.25, 0.3) is 5.91 Å². The van der Waals surface area contributed by atoms with Crippen LogP contribution in [0.5, 0.6) is 0 Å². The van der Waals surface area contributed by atoms with Gasteiger partial charge in [0.05, 0.1) is 16.3 Å². The number of carbonyl (C=O) groups excluding carboxylic acids is 1. The van der Waals surface area contributed by atoms with Gasteiger partial charge in [0, 0.05) is 6.07 Å². The van der Waals surface area contributed by atoms with Crippen LogP contribution in [0.15, 0.2) is 23.6 Å². The van der Waals surface area contributed by atoms with E-state index < -0.39 is 17.5 Å². The van der Waals surface area contributed by atoms with E-state index in [2.05, 4.69) is 5.32 Å². The lowest BCUT2D eigenvalue weighted by molar-refractivity contribution is 0.102. The maximum Gasteiger partial charge on any atom is 0.266 e. The van der Waals surface area contributed by atoms with Crippen LogP contribution in [0.25, 0.3) is 0 Å². The number of carbonyl (C=O) groups is 1. The molecule has 0 bridgehead atoms. The second-order valence-corrected chi connectivity index (χ2v) is 4.66. The number of rotatable bonds is 2. The minimum absolute atomic E-state index is 0.133. The first-order chi connectivity index (χ1) is 8.49. The van der Waals surface area contributed by atoms with E-state index in [9.17, 15) is 13.6 Å². The Hall–Kier alpha value is -1.95. The predicted molar refractivity (Wildman–Crippen MR) is 67.8 cm³/mol. The highest BCUT2D eigenvalue weighted by molar-refractivity contribution is 7.12. The van der Waals surface area contributed by atoms with Crippen LogP contribution >= 0.6 is 11.3 Å². The molecule has 0 fully saturated rings. The van der Waals surface area contributed by atoms with Crippen molar-refractivity contribution in [1.82, 2.24) is 0 Å². The molecule has 1 amide bonds. The second-order valence-electron chi connectivity index (χ2n) is 3.74. The van der Waals surface area contributed by atoms with Crippen LogP contribution in [0, 0.1) is 18.6 Å². The van der Waals surface area contributed by atoms with Gasteiger partial charge in [-0.2, -0.15) is 0 Å². The molecule has 0 atom stereocenters. The molecule has 1 heterocycles. The van der Waals surface area contributed by atoms with E-state index >= 15 is 0 Å². The number of thiophene rings is 1. The quantitative estimate of drug-likeness (QED) is 0.822. The van der Waals surface area contributed by atoms with Crippen molar-refractivity contribution in [3.63, 3.8) is 0 Å². The third kappa shape index (κ3) is 2.33. The first kappa shape index (κ1) is 12.5. The van der Waals surface area contributed by atoms with E-state index in [1.54, 1.807) is 18.4 Å². The predicted octanol–water partition coefficient (Wildman–Crippen LogP) is 3.17. The molecule has 0 aliphatic rings. The third-order valence-electron chi connectivity index (χ3n) is 2.40. The van der Waals surface area contributed by atoms with Crippen molar-refractivity contribution in [1.29, 1.82) is 0 Å². The van der Waals surface area contributed by atoms with Gasteiger partial charge >= 0.3 is 0 Å².